The standard InChI is InChI=1S/C9H11.Al.ClH.H/c1-2-6-9-7-4-3-5-8-9;;;/h3-5,7-8H,1-2,6H2;;1H;/q;+1;;/p-1. The Morgan fingerprint density at radius 1 is 1.18 bits per heavy atom. The van der Waals surface area contributed by atoms with Gasteiger partial charge in [-0.05, 0) is 12.0 Å². The quantitative estimate of drug-likeness (QED) is 0.496. The highest BCUT2D eigenvalue weighted by atomic mass is 35.6. The molecule has 0 aromatic heterocycles. The summed E-state index contributed by atoms with van der Waals surface area (Å²) in [6.45, 7) is 0. The zero-order valence-corrected chi connectivity index (χ0v) is 8.76. The van der Waals surface area contributed by atoms with E-state index in [9.17, 15) is 0 Å². The molecular formula is C9H12AlCl. The summed E-state index contributed by atoms with van der Waals surface area (Å²) in [5.74, 6) is 0. The molecule has 0 nitrogen and oxygen atoms in total. The lowest BCUT2D eigenvalue weighted by molar-refractivity contribution is 0.918. The van der Waals surface area contributed by atoms with Gasteiger partial charge in [0.05, 0.1) is 0 Å². The SMILES string of the molecule is [Cl][AlH][CH2]CCc1ccccc1. The van der Waals surface area contributed by atoms with E-state index in [0.29, 0.717) is 0 Å². The molecule has 0 saturated heterocycles. The third-order valence-corrected chi connectivity index (χ3v) is 3.26. The molecule has 1 rings (SSSR count). The van der Waals surface area contributed by atoms with Crippen LogP contribution >= 0.6 is 10.0 Å². The third-order valence-electron chi connectivity index (χ3n) is 1.69. The van der Waals surface area contributed by atoms with Crippen LogP contribution in [-0.4, -0.2) is 14.3 Å². The molecule has 0 unspecified atom stereocenters. The van der Waals surface area contributed by atoms with Gasteiger partial charge in [0.25, 0.3) is 0 Å². The second-order valence-electron chi connectivity index (χ2n) is 2.63. The Morgan fingerprint density at radius 3 is 2.55 bits per heavy atom. The minimum atomic E-state index is -0.230. The molecule has 0 atom stereocenters. The maximum absolute atomic E-state index is 5.71. The lowest BCUT2D eigenvalue weighted by atomic mass is 10.1. The molecule has 11 heavy (non-hydrogen) atoms. The van der Waals surface area contributed by atoms with Crippen molar-refractivity contribution in [2.24, 2.45) is 0 Å². The molecule has 0 heterocycles. The van der Waals surface area contributed by atoms with Crippen LogP contribution in [0.25, 0.3) is 0 Å². The first-order valence-corrected chi connectivity index (χ1v) is 7.17. The lowest BCUT2D eigenvalue weighted by Gasteiger charge is -1.97. The van der Waals surface area contributed by atoms with E-state index in [2.05, 4.69) is 30.3 Å². The second kappa shape index (κ2) is 5.66. The monoisotopic (exact) mass is 182 g/mol. The van der Waals surface area contributed by atoms with Crippen LogP contribution in [0.2, 0.25) is 5.28 Å². The van der Waals surface area contributed by atoms with Crippen LogP contribution in [0.3, 0.4) is 0 Å². The van der Waals surface area contributed by atoms with Crippen LogP contribution in [-0.2, 0) is 6.42 Å². The summed E-state index contributed by atoms with van der Waals surface area (Å²) in [6, 6.07) is 10.6. The summed E-state index contributed by atoms with van der Waals surface area (Å²) < 4.78 is 0. The normalized spacial score (nSPS) is 9.55. The molecule has 0 spiro atoms. The van der Waals surface area contributed by atoms with Crippen LogP contribution in [0.15, 0.2) is 30.3 Å². The van der Waals surface area contributed by atoms with Gasteiger partial charge in [-0.1, -0.05) is 42.0 Å². The molecule has 0 amide bonds. The molecule has 58 valence electrons. The number of aryl methyl sites for hydroxylation is 1. The fraction of sp³-hybridized carbons (Fsp3) is 0.333. The minimum absolute atomic E-state index is 0.230. The van der Waals surface area contributed by atoms with Crippen molar-refractivity contribution in [1.29, 1.82) is 0 Å². The van der Waals surface area contributed by atoms with E-state index in [1.54, 1.807) is 0 Å². The topological polar surface area (TPSA) is 0 Å². The van der Waals surface area contributed by atoms with Crippen LogP contribution in [0, 0.1) is 0 Å². The van der Waals surface area contributed by atoms with Crippen LogP contribution in [0.1, 0.15) is 12.0 Å². The predicted octanol–water partition coefficient (Wildman–Crippen LogP) is 2.63. The Kier molecular flexibility index (Phi) is 4.70. The van der Waals surface area contributed by atoms with Crippen molar-refractivity contribution in [3.63, 3.8) is 0 Å². The Balaban J connectivity index is 2.28. The fourth-order valence-electron chi connectivity index (χ4n) is 1.07. The summed E-state index contributed by atoms with van der Waals surface area (Å²) in [7, 11) is 5.71. The van der Waals surface area contributed by atoms with Crippen molar-refractivity contribution in [3.05, 3.63) is 35.9 Å². The van der Waals surface area contributed by atoms with Crippen LogP contribution in [0.5, 0.6) is 0 Å². The molecule has 0 radical (unpaired) electrons. The summed E-state index contributed by atoms with van der Waals surface area (Å²) in [6.07, 6.45) is 2.46. The summed E-state index contributed by atoms with van der Waals surface area (Å²) >= 11 is -0.230. The van der Waals surface area contributed by atoms with Gasteiger partial charge in [-0.2, -0.15) is 0 Å². The maximum atomic E-state index is 5.71. The highest BCUT2D eigenvalue weighted by Gasteiger charge is 1.92. The second-order valence-corrected chi connectivity index (χ2v) is 4.85. The summed E-state index contributed by atoms with van der Waals surface area (Å²) in [5.41, 5.74) is 1.44. The third kappa shape index (κ3) is 3.82. The van der Waals surface area contributed by atoms with E-state index >= 15 is 0 Å². The van der Waals surface area contributed by atoms with Gasteiger partial charge in [0.2, 0.25) is 0 Å². The van der Waals surface area contributed by atoms with E-state index < -0.39 is 0 Å². The number of rotatable bonds is 4. The van der Waals surface area contributed by atoms with Gasteiger partial charge in [0.15, 0.2) is 0 Å². The molecule has 1 aromatic rings. The van der Waals surface area contributed by atoms with Gasteiger partial charge in [0.1, 0.15) is 0 Å². The van der Waals surface area contributed by atoms with Crippen molar-refractivity contribution < 1.29 is 0 Å². The molecule has 0 aliphatic carbocycles. The van der Waals surface area contributed by atoms with E-state index in [1.165, 1.54) is 23.7 Å². The average molecular weight is 183 g/mol. The predicted molar refractivity (Wildman–Crippen MR) is 52.6 cm³/mol. The Hall–Kier alpha value is 0.0425. The molecule has 0 aliphatic rings. The maximum Gasteiger partial charge on any atom is 0.376 e. The first-order chi connectivity index (χ1) is 5.43. The van der Waals surface area contributed by atoms with Crippen molar-refractivity contribution in [1.82, 2.24) is 0 Å². The zero-order chi connectivity index (χ0) is 7.94. The Bertz CT molecular complexity index is 186. The fourth-order valence-corrected chi connectivity index (χ4v) is 2.07. The average Bonchev–Trinajstić information content (AvgIpc) is 2.07. The van der Waals surface area contributed by atoms with Gasteiger partial charge in [-0.3, -0.25) is 10.0 Å². The minimum Gasteiger partial charge on any atom is -0.267 e. The molecule has 0 aliphatic heterocycles. The van der Waals surface area contributed by atoms with E-state index in [0.717, 1.165) is 0 Å². The van der Waals surface area contributed by atoms with Gasteiger partial charge in [-0.15, -0.1) is 0 Å². The highest BCUT2D eigenvalue weighted by Crippen LogP contribution is 2.04. The Morgan fingerprint density at radius 2 is 1.91 bits per heavy atom. The molecule has 0 N–H and O–H groups in total. The van der Waals surface area contributed by atoms with E-state index in [1.807, 2.05) is 0 Å². The number of halogens is 1. The van der Waals surface area contributed by atoms with Gasteiger partial charge < -0.3 is 0 Å². The van der Waals surface area contributed by atoms with Gasteiger partial charge in [0, 0.05) is 0 Å². The van der Waals surface area contributed by atoms with Crippen LogP contribution in [0.4, 0.5) is 0 Å². The number of benzene rings is 1. The molecular weight excluding hydrogens is 171 g/mol. The number of hydrogen-bond donors (Lipinski definition) is 0. The summed E-state index contributed by atoms with van der Waals surface area (Å²) in [5, 5.41) is 1.26. The first-order valence-electron chi connectivity index (χ1n) is 4.03. The van der Waals surface area contributed by atoms with Gasteiger partial charge in [-0.25, -0.2) is 0 Å². The van der Waals surface area contributed by atoms with Gasteiger partial charge >= 0.3 is 14.3 Å². The number of hydrogen-bond acceptors (Lipinski definition) is 0. The molecule has 0 bridgehead atoms. The lowest BCUT2D eigenvalue weighted by Crippen LogP contribution is -1.85. The highest BCUT2D eigenvalue weighted by molar-refractivity contribution is 6.93. The van der Waals surface area contributed by atoms with E-state index in [4.69, 9.17) is 10.0 Å². The zero-order valence-electron chi connectivity index (χ0n) is 6.59. The van der Waals surface area contributed by atoms with Crippen molar-refractivity contribution >= 4 is 24.3 Å². The van der Waals surface area contributed by atoms with E-state index in [-0.39, 0.29) is 14.3 Å². The van der Waals surface area contributed by atoms with Crippen molar-refractivity contribution in [2.45, 2.75) is 18.1 Å². The molecule has 1 aromatic carbocycles. The summed E-state index contributed by atoms with van der Waals surface area (Å²) in [4.78, 5) is 0. The first kappa shape index (κ1) is 9.13. The molecule has 2 heteroatoms. The van der Waals surface area contributed by atoms with Crippen molar-refractivity contribution in [2.75, 3.05) is 0 Å². The van der Waals surface area contributed by atoms with Crippen molar-refractivity contribution in [3.8, 4) is 0 Å². The largest absolute Gasteiger partial charge is 0.376 e. The molecule has 0 saturated carbocycles. The smallest absolute Gasteiger partial charge is 0.267 e. The molecule has 0 fully saturated rings. The van der Waals surface area contributed by atoms with Crippen LogP contribution < -0.4 is 0 Å². The Labute approximate surface area is 78.5 Å².